The predicted molar refractivity (Wildman–Crippen MR) is 133 cm³/mol. The van der Waals surface area contributed by atoms with E-state index in [9.17, 15) is 9.59 Å². The standard InChI is InChI=1S/C25H19ClN2O4S/c1-31-21-12-7-16(14-22(21)32-2)19-6-4-3-5-15(19)13-20-23(29)27-25(33)28(24(20)30)18-10-8-17(26)9-11-18/h3-14H,1-2H3,(H,27,29,33)/b20-13-. The summed E-state index contributed by atoms with van der Waals surface area (Å²) in [6.45, 7) is 0. The lowest BCUT2D eigenvalue weighted by molar-refractivity contribution is -0.122. The molecule has 33 heavy (non-hydrogen) atoms. The third-order valence-corrected chi connectivity index (χ3v) is 5.68. The number of halogens is 1. The molecule has 0 radical (unpaired) electrons. The highest BCUT2D eigenvalue weighted by molar-refractivity contribution is 7.80. The van der Waals surface area contributed by atoms with E-state index < -0.39 is 11.8 Å². The van der Waals surface area contributed by atoms with Gasteiger partial charge in [-0.15, -0.1) is 0 Å². The maximum Gasteiger partial charge on any atom is 0.270 e. The van der Waals surface area contributed by atoms with E-state index in [-0.39, 0.29) is 10.7 Å². The highest BCUT2D eigenvalue weighted by atomic mass is 35.5. The van der Waals surface area contributed by atoms with E-state index in [4.69, 9.17) is 33.3 Å². The van der Waals surface area contributed by atoms with Gasteiger partial charge in [-0.2, -0.15) is 0 Å². The van der Waals surface area contributed by atoms with E-state index in [0.717, 1.165) is 11.1 Å². The highest BCUT2D eigenvalue weighted by Crippen LogP contribution is 2.34. The monoisotopic (exact) mass is 478 g/mol. The quantitative estimate of drug-likeness (QED) is 0.322. The average molecular weight is 479 g/mol. The molecule has 0 spiro atoms. The van der Waals surface area contributed by atoms with Crippen LogP contribution < -0.4 is 19.7 Å². The number of rotatable bonds is 5. The third-order valence-electron chi connectivity index (χ3n) is 5.14. The molecule has 0 unspecified atom stereocenters. The zero-order valence-corrected chi connectivity index (χ0v) is 19.4. The number of ether oxygens (including phenoxy) is 2. The summed E-state index contributed by atoms with van der Waals surface area (Å²) in [4.78, 5) is 27.3. The summed E-state index contributed by atoms with van der Waals surface area (Å²) >= 11 is 11.2. The maximum atomic E-state index is 13.3. The van der Waals surface area contributed by atoms with Gasteiger partial charge in [0.05, 0.1) is 19.9 Å². The first kappa shape index (κ1) is 22.5. The minimum absolute atomic E-state index is 0.0117. The van der Waals surface area contributed by atoms with E-state index in [1.807, 2.05) is 36.4 Å². The minimum Gasteiger partial charge on any atom is -0.493 e. The van der Waals surface area contributed by atoms with E-state index >= 15 is 0 Å². The van der Waals surface area contributed by atoms with Crippen molar-refractivity contribution in [3.8, 4) is 22.6 Å². The second-order valence-electron chi connectivity index (χ2n) is 7.09. The number of hydrogen-bond donors (Lipinski definition) is 1. The molecule has 1 fully saturated rings. The minimum atomic E-state index is -0.558. The van der Waals surface area contributed by atoms with Gasteiger partial charge in [0.2, 0.25) is 0 Å². The molecule has 3 aromatic carbocycles. The van der Waals surface area contributed by atoms with Crippen molar-refractivity contribution in [2.75, 3.05) is 19.1 Å². The summed E-state index contributed by atoms with van der Waals surface area (Å²) < 4.78 is 10.7. The van der Waals surface area contributed by atoms with Crippen LogP contribution in [0.1, 0.15) is 5.56 Å². The average Bonchev–Trinajstić information content (AvgIpc) is 2.82. The van der Waals surface area contributed by atoms with Gasteiger partial charge in [-0.3, -0.25) is 19.8 Å². The Hall–Kier alpha value is -3.68. The van der Waals surface area contributed by atoms with Gasteiger partial charge in [-0.1, -0.05) is 41.9 Å². The number of carbonyl (C=O) groups excluding carboxylic acids is 2. The van der Waals surface area contributed by atoms with E-state index in [1.54, 1.807) is 50.6 Å². The van der Waals surface area contributed by atoms with Crippen molar-refractivity contribution in [3.63, 3.8) is 0 Å². The van der Waals surface area contributed by atoms with Crippen molar-refractivity contribution in [3.05, 3.63) is 82.9 Å². The molecular formula is C25H19ClN2O4S. The first-order valence-corrected chi connectivity index (χ1v) is 10.7. The number of nitrogens with one attached hydrogen (secondary N) is 1. The molecule has 1 heterocycles. The zero-order chi connectivity index (χ0) is 23.5. The van der Waals surface area contributed by atoms with Gasteiger partial charge in [0.1, 0.15) is 5.57 Å². The fraction of sp³-hybridized carbons (Fsp3) is 0.0800. The van der Waals surface area contributed by atoms with Crippen LogP contribution in [0.25, 0.3) is 17.2 Å². The van der Waals surface area contributed by atoms with Gasteiger partial charge in [0.15, 0.2) is 16.6 Å². The molecule has 0 atom stereocenters. The lowest BCUT2D eigenvalue weighted by Gasteiger charge is -2.29. The Balaban J connectivity index is 1.77. The Morgan fingerprint density at radius 3 is 2.33 bits per heavy atom. The second kappa shape index (κ2) is 9.44. The number of anilines is 1. The lowest BCUT2D eigenvalue weighted by Crippen LogP contribution is -2.54. The fourth-order valence-electron chi connectivity index (χ4n) is 3.53. The molecule has 6 nitrogen and oxygen atoms in total. The summed E-state index contributed by atoms with van der Waals surface area (Å²) in [6, 6.07) is 19.6. The second-order valence-corrected chi connectivity index (χ2v) is 7.91. The van der Waals surface area contributed by atoms with E-state index in [2.05, 4.69) is 5.32 Å². The van der Waals surface area contributed by atoms with E-state index in [0.29, 0.717) is 27.8 Å². The number of carbonyl (C=O) groups is 2. The van der Waals surface area contributed by atoms with Crippen LogP contribution in [-0.2, 0) is 9.59 Å². The first-order chi connectivity index (χ1) is 15.9. The van der Waals surface area contributed by atoms with Gasteiger partial charge >= 0.3 is 0 Å². The molecule has 0 saturated carbocycles. The number of hydrogen-bond acceptors (Lipinski definition) is 5. The predicted octanol–water partition coefficient (Wildman–Crippen LogP) is 4.86. The van der Waals surface area contributed by atoms with Crippen LogP contribution >= 0.6 is 23.8 Å². The van der Waals surface area contributed by atoms with Gasteiger partial charge in [-0.25, -0.2) is 0 Å². The molecule has 1 aliphatic rings. The normalized spacial score (nSPS) is 14.9. The van der Waals surface area contributed by atoms with Crippen LogP contribution in [0.3, 0.4) is 0 Å². The van der Waals surface area contributed by atoms with Crippen LogP contribution in [0.15, 0.2) is 72.3 Å². The smallest absolute Gasteiger partial charge is 0.270 e. The molecule has 0 aliphatic carbocycles. The Kier molecular flexibility index (Phi) is 6.44. The topological polar surface area (TPSA) is 67.9 Å². The molecule has 1 N–H and O–H groups in total. The molecule has 4 rings (SSSR count). The summed E-state index contributed by atoms with van der Waals surface area (Å²) in [7, 11) is 3.13. The molecule has 3 aromatic rings. The third kappa shape index (κ3) is 4.46. The van der Waals surface area contributed by atoms with Crippen molar-refractivity contribution in [2.24, 2.45) is 0 Å². The number of nitrogens with zero attached hydrogens (tertiary/aromatic N) is 1. The van der Waals surface area contributed by atoms with Crippen LogP contribution in [-0.4, -0.2) is 31.1 Å². The summed E-state index contributed by atoms with van der Waals surface area (Å²) in [5.41, 5.74) is 2.82. The summed E-state index contributed by atoms with van der Waals surface area (Å²) in [5, 5.41) is 3.13. The number of thiocarbonyl (C=S) groups is 1. The summed E-state index contributed by atoms with van der Waals surface area (Å²) in [6.07, 6.45) is 1.56. The van der Waals surface area contributed by atoms with Crippen molar-refractivity contribution in [2.45, 2.75) is 0 Å². The van der Waals surface area contributed by atoms with Crippen molar-refractivity contribution >= 4 is 52.5 Å². The molecule has 0 aromatic heterocycles. The van der Waals surface area contributed by atoms with Crippen molar-refractivity contribution in [1.29, 1.82) is 0 Å². The highest BCUT2D eigenvalue weighted by Gasteiger charge is 2.34. The molecule has 166 valence electrons. The van der Waals surface area contributed by atoms with Crippen molar-refractivity contribution < 1.29 is 19.1 Å². The number of methoxy groups -OCH3 is 2. The van der Waals surface area contributed by atoms with Gasteiger partial charge < -0.3 is 9.47 Å². The largest absolute Gasteiger partial charge is 0.493 e. The summed E-state index contributed by atoms with van der Waals surface area (Å²) in [5.74, 6) is 0.0970. The lowest BCUT2D eigenvalue weighted by atomic mass is 9.96. The van der Waals surface area contributed by atoms with Crippen LogP contribution in [0.2, 0.25) is 5.02 Å². The molecular weight excluding hydrogens is 460 g/mol. The first-order valence-electron chi connectivity index (χ1n) is 9.91. The zero-order valence-electron chi connectivity index (χ0n) is 17.8. The van der Waals surface area contributed by atoms with E-state index in [1.165, 1.54) is 4.90 Å². The molecule has 1 saturated heterocycles. The van der Waals surface area contributed by atoms with Gasteiger partial charge in [0, 0.05) is 5.02 Å². The van der Waals surface area contributed by atoms with Gasteiger partial charge in [0.25, 0.3) is 11.8 Å². The maximum absolute atomic E-state index is 13.3. The van der Waals surface area contributed by atoms with Crippen LogP contribution in [0, 0.1) is 0 Å². The number of amides is 2. The molecule has 1 aliphatic heterocycles. The fourth-order valence-corrected chi connectivity index (χ4v) is 3.93. The van der Waals surface area contributed by atoms with Gasteiger partial charge in [-0.05, 0) is 71.4 Å². The molecule has 8 heteroatoms. The van der Waals surface area contributed by atoms with Crippen LogP contribution in [0.4, 0.5) is 5.69 Å². The number of benzene rings is 3. The molecule has 0 bridgehead atoms. The Bertz CT molecular complexity index is 1290. The SMILES string of the molecule is COc1ccc(-c2ccccc2/C=C2/C(=O)NC(=S)N(c3ccc(Cl)cc3)C2=O)cc1OC. The Labute approximate surface area is 201 Å². The molecule has 2 amide bonds. The van der Waals surface area contributed by atoms with Crippen LogP contribution in [0.5, 0.6) is 11.5 Å². The Morgan fingerprint density at radius 1 is 0.939 bits per heavy atom. The Morgan fingerprint density at radius 2 is 1.64 bits per heavy atom. The van der Waals surface area contributed by atoms with Crippen molar-refractivity contribution in [1.82, 2.24) is 5.32 Å².